The van der Waals surface area contributed by atoms with Crippen LogP contribution in [0, 0.1) is 0 Å². The van der Waals surface area contributed by atoms with E-state index in [-0.39, 0.29) is 12.4 Å². The number of aliphatic hydroxyl groups excluding tert-OH is 1. The van der Waals surface area contributed by atoms with Crippen LogP contribution in [0.3, 0.4) is 0 Å². The fourth-order valence-electron chi connectivity index (χ4n) is 1.36. The zero-order chi connectivity index (χ0) is 12.0. The van der Waals surface area contributed by atoms with Crippen LogP contribution in [0.25, 0.3) is 0 Å². The highest BCUT2D eigenvalue weighted by Gasteiger charge is 2.07. The van der Waals surface area contributed by atoms with Gasteiger partial charge < -0.3 is 20.9 Å². The summed E-state index contributed by atoms with van der Waals surface area (Å²) in [6.45, 7) is 3.26. The van der Waals surface area contributed by atoms with Gasteiger partial charge in [0.25, 0.3) is 0 Å². The maximum absolute atomic E-state index is 8.90. The third-order valence-corrected chi connectivity index (χ3v) is 2.22. The van der Waals surface area contributed by atoms with Crippen LogP contribution >= 0.6 is 0 Å². The molecule has 0 fully saturated rings. The minimum absolute atomic E-state index is 0.0451. The van der Waals surface area contributed by atoms with Gasteiger partial charge in [0.15, 0.2) is 5.84 Å². The summed E-state index contributed by atoms with van der Waals surface area (Å²) < 4.78 is 0. The molecule has 6 nitrogen and oxygen atoms in total. The maximum Gasteiger partial charge on any atom is 0.170 e. The number of nitrogens with two attached hydrogens (primary N) is 1. The van der Waals surface area contributed by atoms with Crippen molar-refractivity contribution in [2.45, 2.75) is 6.92 Å². The lowest BCUT2D eigenvalue weighted by atomic mass is 10.2. The van der Waals surface area contributed by atoms with Gasteiger partial charge in [0.2, 0.25) is 0 Å². The fraction of sp³-hybridized carbons (Fsp3) is 0.400. The molecule has 4 N–H and O–H groups in total. The van der Waals surface area contributed by atoms with E-state index in [1.54, 1.807) is 18.3 Å². The van der Waals surface area contributed by atoms with Crippen LogP contribution in [0.1, 0.15) is 12.5 Å². The Kier molecular flexibility index (Phi) is 4.53. The number of hydrogen-bond donors (Lipinski definition) is 3. The monoisotopic (exact) mass is 224 g/mol. The molecule has 0 bridgehead atoms. The molecule has 1 aromatic rings. The first kappa shape index (κ1) is 12.3. The summed E-state index contributed by atoms with van der Waals surface area (Å²) in [6.07, 6.45) is 1.59. The first-order chi connectivity index (χ1) is 7.72. The number of rotatable bonds is 5. The van der Waals surface area contributed by atoms with Gasteiger partial charge in [-0.25, -0.2) is 4.98 Å². The number of aliphatic hydroxyl groups is 1. The van der Waals surface area contributed by atoms with Crippen LogP contribution in [0.15, 0.2) is 23.5 Å². The molecule has 16 heavy (non-hydrogen) atoms. The molecule has 0 spiro atoms. The van der Waals surface area contributed by atoms with Gasteiger partial charge in [0.05, 0.1) is 6.61 Å². The molecule has 0 aliphatic carbocycles. The molecule has 0 atom stereocenters. The van der Waals surface area contributed by atoms with E-state index in [1.165, 1.54) is 0 Å². The van der Waals surface area contributed by atoms with Crippen molar-refractivity contribution in [3.8, 4) is 0 Å². The third-order valence-electron chi connectivity index (χ3n) is 2.22. The molecule has 0 aromatic carbocycles. The quantitative estimate of drug-likeness (QED) is 0.283. The van der Waals surface area contributed by atoms with Gasteiger partial charge in [0.1, 0.15) is 5.82 Å². The highest BCUT2D eigenvalue weighted by atomic mass is 16.4. The lowest BCUT2D eigenvalue weighted by molar-refractivity contribution is 0.302. The molecule has 0 saturated carbocycles. The smallest absolute Gasteiger partial charge is 0.170 e. The number of oxime groups is 1. The van der Waals surface area contributed by atoms with Crippen molar-refractivity contribution in [2.75, 3.05) is 24.6 Å². The second-order valence-corrected chi connectivity index (χ2v) is 3.19. The molecule has 0 amide bonds. The number of amidine groups is 1. The molecule has 88 valence electrons. The van der Waals surface area contributed by atoms with Crippen molar-refractivity contribution >= 4 is 11.7 Å². The minimum Gasteiger partial charge on any atom is -0.409 e. The summed E-state index contributed by atoms with van der Waals surface area (Å²) in [7, 11) is 0. The van der Waals surface area contributed by atoms with Crippen LogP contribution in [-0.2, 0) is 0 Å². The van der Waals surface area contributed by atoms with Crippen molar-refractivity contribution in [1.82, 2.24) is 4.98 Å². The normalized spacial score (nSPS) is 11.5. The van der Waals surface area contributed by atoms with E-state index in [2.05, 4.69) is 10.1 Å². The Bertz CT molecular complexity index is 368. The minimum atomic E-state index is 0.0451. The van der Waals surface area contributed by atoms with Gasteiger partial charge >= 0.3 is 0 Å². The molecule has 1 heterocycles. The molecule has 1 rings (SSSR count). The van der Waals surface area contributed by atoms with Crippen molar-refractivity contribution in [1.29, 1.82) is 0 Å². The average molecular weight is 224 g/mol. The molecule has 6 heteroatoms. The van der Waals surface area contributed by atoms with Gasteiger partial charge in [-0.2, -0.15) is 0 Å². The zero-order valence-electron chi connectivity index (χ0n) is 9.17. The van der Waals surface area contributed by atoms with Crippen LogP contribution in [0.5, 0.6) is 0 Å². The molecule has 0 aliphatic heterocycles. The summed E-state index contributed by atoms with van der Waals surface area (Å²) in [4.78, 5) is 6.07. The predicted molar refractivity (Wildman–Crippen MR) is 61.7 cm³/mol. The van der Waals surface area contributed by atoms with Crippen LogP contribution in [0.4, 0.5) is 5.82 Å². The zero-order valence-corrected chi connectivity index (χ0v) is 9.17. The third kappa shape index (κ3) is 2.83. The number of pyridine rings is 1. The standard InChI is InChI=1S/C10H16N4O2/c1-2-14(5-6-15)9-7-8(3-4-12-9)10(11)13-16/h3-4,7,15-16H,2,5-6H2,1H3,(H2,11,13). The van der Waals surface area contributed by atoms with Crippen LogP contribution in [-0.4, -0.2) is 40.8 Å². The number of anilines is 1. The number of likely N-dealkylation sites (N-methyl/N-ethyl adjacent to an activating group) is 1. The van der Waals surface area contributed by atoms with Gasteiger partial charge in [-0.3, -0.25) is 0 Å². The first-order valence-corrected chi connectivity index (χ1v) is 5.02. The molecule has 1 aromatic heterocycles. The highest BCUT2D eigenvalue weighted by molar-refractivity contribution is 5.97. The molecule has 0 saturated heterocycles. The summed E-state index contributed by atoms with van der Waals surface area (Å²) in [5.74, 6) is 0.740. The van der Waals surface area contributed by atoms with Crippen molar-refractivity contribution < 1.29 is 10.3 Å². The van der Waals surface area contributed by atoms with Crippen LogP contribution < -0.4 is 10.6 Å². The predicted octanol–water partition coefficient (Wildman–Crippen LogP) is -0.00530. The van der Waals surface area contributed by atoms with E-state index in [1.807, 2.05) is 11.8 Å². The molecular formula is C10H16N4O2. The largest absolute Gasteiger partial charge is 0.409 e. The summed E-state index contributed by atoms with van der Waals surface area (Å²) in [5.41, 5.74) is 6.08. The van der Waals surface area contributed by atoms with Gasteiger partial charge in [-0.05, 0) is 19.1 Å². The van der Waals surface area contributed by atoms with Crippen molar-refractivity contribution in [2.24, 2.45) is 10.9 Å². The number of aromatic nitrogens is 1. The van der Waals surface area contributed by atoms with E-state index in [0.717, 1.165) is 6.54 Å². The highest BCUT2D eigenvalue weighted by Crippen LogP contribution is 2.11. The molecule has 0 radical (unpaired) electrons. The Morgan fingerprint density at radius 2 is 2.38 bits per heavy atom. The second-order valence-electron chi connectivity index (χ2n) is 3.19. The van der Waals surface area contributed by atoms with Crippen molar-refractivity contribution in [3.05, 3.63) is 23.9 Å². The van der Waals surface area contributed by atoms with Gasteiger partial charge in [-0.15, -0.1) is 0 Å². The summed E-state index contributed by atoms with van der Waals surface area (Å²) >= 11 is 0. The van der Waals surface area contributed by atoms with E-state index in [4.69, 9.17) is 16.0 Å². The first-order valence-electron chi connectivity index (χ1n) is 5.02. The summed E-state index contributed by atoms with van der Waals surface area (Å²) in [6, 6.07) is 3.37. The van der Waals surface area contributed by atoms with Gasteiger partial charge in [0, 0.05) is 24.8 Å². The fourth-order valence-corrected chi connectivity index (χ4v) is 1.36. The molecule has 0 aliphatic rings. The lowest BCUT2D eigenvalue weighted by Gasteiger charge is -2.20. The maximum atomic E-state index is 8.90. The average Bonchev–Trinajstić information content (AvgIpc) is 2.35. The van der Waals surface area contributed by atoms with E-state index in [9.17, 15) is 0 Å². The Hall–Kier alpha value is -1.82. The van der Waals surface area contributed by atoms with E-state index in [0.29, 0.717) is 17.9 Å². The Balaban J connectivity index is 2.96. The topological polar surface area (TPSA) is 95.0 Å². The van der Waals surface area contributed by atoms with E-state index >= 15 is 0 Å². The SMILES string of the molecule is CCN(CCO)c1cc(/C(N)=N/O)ccn1. The Morgan fingerprint density at radius 3 is 2.94 bits per heavy atom. The lowest BCUT2D eigenvalue weighted by Crippen LogP contribution is -2.27. The second kappa shape index (κ2) is 5.92. The van der Waals surface area contributed by atoms with Gasteiger partial charge in [-0.1, -0.05) is 5.16 Å². The summed E-state index contributed by atoms with van der Waals surface area (Å²) in [5, 5.41) is 20.4. The Morgan fingerprint density at radius 1 is 1.62 bits per heavy atom. The molecular weight excluding hydrogens is 208 g/mol. The van der Waals surface area contributed by atoms with Crippen molar-refractivity contribution in [3.63, 3.8) is 0 Å². The Labute approximate surface area is 94.0 Å². The number of hydrogen-bond acceptors (Lipinski definition) is 5. The molecule has 0 unspecified atom stereocenters. The number of nitrogens with zero attached hydrogens (tertiary/aromatic N) is 3. The van der Waals surface area contributed by atoms with E-state index < -0.39 is 0 Å². The van der Waals surface area contributed by atoms with Crippen LogP contribution in [0.2, 0.25) is 0 Å².